The van der Waals surface area contributed by atoms with Gasteiger partial charge in [-0.3, -0.25) is 34.2 Å². The molecule has 1 fully saturated rings. The Kier molecular flexibility index (Phi) is 5.77. The summed E-state index contributed by atoms with van der Waals surface area (Å²) in [4.78, 5) is 45.8. The zero-order valence-electron chi connectivity index (χ0n) is 10.7. The number of carbonyl (C=O) groups excluding carboxylic acids is 4. The van der Waals surface area contributed by atoms with Crippen molar-refractivity contribution < 1.29 is 19.2 Å². The monoisotopic (exact) mass is 288 g/mol. The van der Waals surface area contributed by atoms with Gasteiger partial charge in [-0.1, -0.05) is 6.92 Å². The number of nitrogens with one attached hydrogen (secondary N) is 3. The van der Waals surface area contributed by atoms with E-state index in [9.17, 15) is 19.2 Å². The minimum absolute atomic E-state index is 0.0185. The fourth-order valence-corrected chi connectivity index (χ4v) is 2.61. The van der Waals surface area contributed by atoms with Crippen molar-refractivity contribution in [2.24, 2.45) is 0 Å². The molecule has 3 N–H and O–H groups in total. The molecule has 0 aliphatic carbocycles. The maximum Gasteiger partial charge on any atom is 0.324 e. The predicted octanol–water partition coefficient (Wildman–Crippen LogP) is -1.46. The maximum atomic E-state index is 11.8. The number of amides is 4. The Balaban J connectivity index is 2.67. The molecule has 1 saturated heterocycles. The van der Waals surface area contributed by atoms with Crippen LogP contribution in [-0.2, 0) is 19.2 Å². The van der Waals surface area contributed by atoms with Crippen LogP contribution < -0.4 is 16.2 Å². The lowest BCUT2D eigenvalue weighted by molar-refractivity contribution is -0.143. The number of hydrazine groups is 1. The standard InChI is InChI=1S/C10H16N4O4S/c1-3-4-14(10(18)9(17)13-11-2)19-6-5-7(15)12-8(6)16/h6,11H,3-5H2,1-2H3,(H,13,17)(H,12,15,16). The zero-order valence-corrected chi connectivity index (χ0v) is 11.5. The van der Waals surface area contributed by atoms with Crippen LogP contribution in [0.25, 0.3) is 0 Å². The van der Waals surface area contributed by atoms with Crippen LogP contribution in [0.5, 0.6) is 0 Å². The summed E-state index contributed by atoms with van der Waals surface area (Å²) in [5.74, 6) is -2.37. The van der Waals surface area contributed by atoms with Crippen LogP contribution in [0, 0.1) is 0 Å². The highest BCUT2D eigenvalue weighted by Gasteiger charge is 2.35. The molecule has 4 amide bonds. The molecule has 0 bridgehead atoms. The van der Waals surface area contributed by atoms with Crippen LogP contribution in [0.1, 0.15) is 19.8 Å². The Labute approximate surface area is 114 Å². The molecule has 1 heterocycles. The number of rotatable bonds is 5. The Bertz CT molecular complexity index is 401. The van der Waals surface area contributed by atoms with Crippen molar-refractivity contribution in [1.29, 1.82) is 0 Å². The average molecular weight is 288 g/mol. The van der Waals surface area contributed by atoms with E-state index in [1.807, 2.05) is 6.92 Å². The number of hydrogen-bond acceptors (Lipinski definition) is 6. The number of imide groups is 1. The normalized spacial score (nSPS) is 18.1. The van der Waals surface area contributed by atoms with Crippen molar-refractivity contribution in [2.45, 2.75) is 25.0 Å². The van der Waals surface area contributed by atoms with Gasteiger partial charge in [0.25, 0.3) is 0 Å². The molecule has 8 nitrogen and oxygen atoms in total. The van der Waals surface area contributed by atoms with Crippen molar-refractivity contribution in [1.82, 2.24) is 20.5 Å². The van der Waals surface area contributed by atoms with Crippen LogP contribution in [0.3, 0.4) is 0 Å². The van der Waals surface area contributed by atoms with Gasteiger partial charge < -0.3 is 0 Å². The lowest BCUT2D eigenvalue weighted by Gasteiger charge is -2.21. The molecular formula is C10H16N4O4S. The van der Waals surface area contributed by atoms with Crippen molar-refractivity contribution in [3.63, 3.8) is 0 Å². The quantitative estimate of drug-likeness (QED) is 0.247. The highest BCUT2D eigenvalue weighted by Crippen LogP contribution is 2.24. The summed E-state index contributed by atoms with van der Waals surface area (Å²) in [5, 5.41) is 1.50. The van der Waals surface area contributed by atoms with Crippen molar-refractivity contribution >= 4 is 35.6 Å². The number of nitrogens with zero attached hydrogens (tertiary/aromatic N) is 1. The molecule has 0 radical (unpaired) electrons. The minimum Gasteiger partial charge on any atom is -0.295 e. The molecule has 19 heavy (non-hydrogen) atoms. The fraction of sp³-hybridized carbons (Fsp3) is 0.600. The first-order valence-electron chi connectivity index (χ1n) is 5.78. The van der Waals surface area contributed by atoms with Gasteiger partial charge in [0.1, 0.15) is 5.25 Å². The van der Waals surface area contributed by atoms with Gasteiger partial charge in [0, 0.05) is 20.0 Å². The van der Waals surface area contributed by atoms with Crippen molar-refractivity contribution in [2.75, 3.05) is 13.6 Å². The molecule has 1 rings (SSSR count). The van der Waals surface area contributed by atoms with E-state index in [-0.39, 0.29) is 12.3 Å². The molecule has 0 aromatic carbocycles. The van der Waals surface area contributed by atoms with E-state index in [0.29, 0.717) is 13.0 Å². The topological polar surface area (TPSA) is 108 Å². The Hall–Kier alpha value is -1.61. The van der Waals surface area contributed by atoms with Gasteiger partial charge in [0.2, 0.25) is 11.8 Å². The first kappa shape index (κ1) is 15.4. The SMILES string of the molecule is CCCN(SC1CC(=O)NC1=O)C(=O)C(=O)NNC. The van der Waals surface area contributed by atoms with Gasteiger partial charge in [0.05, 0.1) is 0 Å². The van der Waals surface area contributed by atoms with E-state index >= 15 is 0 Å². The molecule has 1 aliphatic rings. The number of carbonyl (C=O) groups is 4. The zero-order chi connectivity index (χ0) is 14.4. The summed E-state index contributed by atoms with van der Waals surface area (Å²) in [5.41, 5.74) is 4.53. The third-order valence-corrected chi connectivity index (χ3v) is 3.50. The Morgan fingerprint density at radius 2 is 2.16 bits per heavy atom. The van der Waals surface area contributed by atoms with Gasteiger partial charge in [0.15, 0.2) is 0 Å². The largest absolute Gasteiger partial charge is 0.324 e. The van der Waals surface area contributed by atoms with E-state index in [0.717, 1.165) is 11.9 Å². The van der Waals surface area contributed by atoms with Gasteiger partial charge in [-0.05, 0) is 18.4 Å². The molecule has 9 heteroatoms. The molecule has 1 unspecified atom stereocenters. The van der Waals surface area contributed by atoms with Crippen LogP contribution in [0.15, 0.2) is 0 Å². The van der Waals surface area contributed by atoms with E-state index in [4.69, 9.17) is 0 Å². The van der Waals surface area contributed by atoms with Gasteiger partial charge in [-0.15, -0.1) is 0 Å². The lowest BCUT2D eigenvalue weighted by atomic mass is 10.4. The molecular weight excluding hydrogens is 272 g/mol. The summed E-state index contributed by atoms with van der Waals surface area (Å²) >= 11 is 0.913. The van der Waals surface area contributed by atoms with Crippen LogP contribution in [0.2, 0.25) is 0 Å². The van der Waals surface area contributed by atoms with Crippen molar-refractivity contribution in [3.05, 3.63) is 0 Å². The van der Waals surface area contributed by atoms with Crippen LogP contribution >= 0.6 is 11.9 Å². The first-order chi connectivity index (χ1) is 8.99. The third kappa shape index (κ3) is 4.21. The Morgan fingerprint density at radius 3 is 2.63 bits per heavy atom. The number of hydrogen-bond donors (Lipinski definition) is 3. The highest BCUT2D eigenvalue weighted by atomic mass is 32.2. The maximum absolute atomic E-state index is 11.8. The Morgan fingerprint density at radius 1 is 1.47 bits per heavy atom. The second-order valence-electron chi connectivity index (χ2n) is 3.82. The molecule has 0 saturated carbocycles. The van der Waals surface area contributed by atoms with E-state index in [2.05, 4.69) is 16.2 Å². The third-order valence-electron chi connectivity index (χ3n) is 2.27. The molecule has 1 atom stereocenters. The summed E-state index contributed by atoms with van der Waals surface area (Å²) in [7, 11) is 1.46. The summed E-state index contributed by atoms with van der Waals surface area (Å²) in [6, 6.07) is 0. The second kappa shape index (κ2) is 7.10. The van der Waals surface area contributed by atoms with Gasteiger partial charge >= 0.3 is 11.8 Å². The molecule has 106 valence electrons. The van der Waals surface area contributed by atoms with E-state index in [1.165, 1.54) is 11.4 Å². The van der Waals surface area contributed by atoms with E-state index in [1.54, 1.807) is 0 Å². The summed E-state index contributed by atoms with van der Waals surface area (Å²) < 4.78 is 1.20. The smallest absolute Gasteiger partial charge is 0.295 e. The van der Waals surface area contributed by atoms with Crippen molar-refractivity contribution in [3.8, 4) is 0 Å². The van der Waals surface area contributed by atoms with Gasteiger partial charge in [-0.25, -0.2) is 5.43 Å². The lowest BCUT2D eigenvalue weighted by Crippen LogP contribution is -2.45. The molecule has 0 aromatic rings. The average Bonchev–Trinajstić information content (AvgIpc) is 2.66. The molecule has 1 aliphatic heterocycles. The molecule has 0 spiro atoms. The predicted molar refractivity (Wildman–Crippen MR) is 68.4 cm³/mol. The second-order valence-corrected chi connectivity index (χ2v) is 5.04. The fourth-order valence-electron chi connectivity index (χ4n) is 1.45. The highest BCUT2D eigenvalue weighted by molar-refractivity contribution is 7.99. The molecule has 0 aromatic heterocycles. The minimum atomic E-state index is -0.812. The summed E-state index contributed by atoms with van der Waals surface area (Å²) in [6.45, 7) is 2.16. The summed E-state index contributed by atoms with van der Waals surface area (Å²) in [6.07, 6.45) is 0.651. The van der Waals surface area contributed by atoms with Gasteiger partial charge in [-0.2, -0.15) is 0 Å². The van der Waals surface area contributed by atoms with Crippen LogP contribution in [-0.4, -0.2) is 46.8 Å². The first-order valence-corrected chi connectivity index (χ1v) is 6.62. The van der Waals surface area contributed by atoms with E-state index < -0.39 is 23.0 Å². The van der Waals surface area contributed by atoms with Crippen LogP contribution in [0.4, 0.5) is 0 Å².